The zero-order chi connectivity index (χ0) is 11.2. The molecule has 1 aromatic carbocycles. The maximum absolute atomic E-state index is 4.13. The van der Waals surface area contributed by atoms with Gasteiger partial charge < -0.3 is 0 Å². The predicted octanol–water partition coefficient (Wildman–Crippen LogP) is 3.29. The third-order valence-corrected chi connectivity index (χ3v) is 2.45. The van der Waals surface area contributed by atoms with Crippen LogP contribution in [-0.4, -0.2) is 11.2 Å². The molecule has 0 atom stereocenters. The highest BCUT2D eigenvalue weighted by Crippen LogP contribution is 2.13. The topological polar surface area (TPSA) is 37.3 Å². The summed E-state index contributed by atoms with van der Waals surface area (Å²) < 4.78 is 1.05. The fraction of sp³-hybridized carbons (Fsp3) is 0. The van der Waals surface area contributed by atoms with E-state index >= 15 is 0 Å². The van der Waals surface area contributed by atoms with Gasteiger partial charge >= 0.3 is 0 Å². The lowest BCUT2D eigenvalue weighted by atomic mass is 10.3. The standard InChI is InChI=1S/C12H10BrN3/c13-10-4-6-11(7-5-10)16-15-9-12-3-1-2-8-14-12/h1-9,16H/b15-9+. The molecule has 80 valence electrons. The second-order valence-electron chi connectivity index (χ2n) is 3.13. The Balaban J connectivity index is 1.97. The Kier molecular flexibility index (Phi) is 3.66. The van der Waals surface area contributed by atoms with Gasteiger partial charge in [0.15, 0.2) is 0 Å². The summed E-state index contributed by atoms with van der Waals surface area (Å²) in [6.45, 7) is 0. The van der Waals surface area contributed by atoms with Crippen molar-refractivity contribution in [1.29, 1.82) is 0 Å². The van der Waals surface area contributed by atoms with E-state index in [0.29, 0.717) is 0 Å². The van der Waals surface area contributed by atoms with Crippen molar-refractivity contribution in [1.82, 2.24) is 4.98 Å². The number of aromatic nitrogens is 1. The van der Waals surface area contributed by atoms with E-state index in [0.717, 1.165) is 15.9 Å². The van der Waals surface area contributed by atoms with Crippen molar-refractivity contribution in [3.05, 3.63) is 58.8 Å². The molecular weight excluding hydrogens is 266 g/mol. The molecule has 0 unspecified atom stereocenters. The summed E-state index contributed by atoms with van der Waals surface area (Å²) in [5, 5.41) is 4.09. The van der Waals surface area contributed by atoms with Crippen LogP contribution < -0.4 is 5.43 Å². The van der Waals surface area contributed by atoms with Gasteiger partial charge in [0.1, 0.15) is 0 Å². The number of hydrazone groups is 1. The Morgan fingerprint density at radius 2 is 1.94 bits per heavy atom. The summed E-state index contributed by atoms with van der Waals surface area (Å²) in [6.07, 6.45) is 3.42. The second kappa shape index (κ2) is 5.42. The van der Waals surface area contributed by atoms with E-state index in [1.54, 1.807) is 12.4 Å². The van der Waals surface area contributed by atoms with Crippen molar-refractivity contribution in [2.45, 2.75) is 0 Å². The van der Waals surface area contributed by atoms with Gasteiger partial charge in [-0.3, -0.25) is 10.4 Å². The summed E-state index contributed by atoms with van der Waals surface area (Å²) in [5.41, 5.74) is 4.70. The van der Waals surface area contributed by atoms with Gasteiger partial charge in [-0.15, -0.1) is 0 Å². The van der Waals surface area contributed by atoms with E-state index in [1.165, 1.54) is 0 Å². The molecule has 2 rings (SSSR count). The first-order valence-corrected chi connectivity index (χ1v) is 5.59. The van der Waals surface area contributed by atoms with Gasteiger partial charge in [-0.05, 0) is 36.4 Å². The van der Waals surface area contributed by atoms with Gasteiger partial charge in [0.25, 0.3) is 0 Å². The molecule has 1 aromatic heterocycles. The molecule has 0 saturated heterocycles. The normalized spacial score (nSPS) is 10.6. The van der Waals surface area contributed by atoms with Crippen LogP contribution in [0.4, 0.5) is 5.69 Å². The van der Waals surface area contributed by atoms with Crippen LogP contribution in [0.15, 0.2) is 58.2 Å². The molecule has 0 aliphatic heterocycles. The van der Waals surface area contributed by atoms with Gasteiger partial charge in [0.2, 0.25) is 0 Å². The van der Waals surface area contributed by atoms with Crippen LogP contribution in [0.1, 0.15) is 5.69 Å². The maximum atomic E-state index is 4.13. The first-order chi connectivity index (χ1) is 7.84. The van der Waals surface area contributed by atoms with E-state index in [2.05, 4.69) is 31.4 Å². The van der Waals surface area contributed by atoms with Crippen molar-refractivity contribution in [3.8, 4) is 0 Å². The Morgan fingerprint density at radius 1 is 1.12 bits per heavy atom. The lowest BCUT2D eigenvalue weighted by molar-refractivity contribution is 1.28. The summed E-state index contributed by atoms with van der Waals surface area (Å²) >= 11 is 3.37. The Bertz CT molecular complexity index is 465. The van der Waals surface area contributed by atoms with Crippen LogP contribution in [0.2, 0.25) is 0 Å². The summed E-state index contributed by atoms with van der Waals surface area (Å²) in [5.74, 6) is 0. The van der Waals surface area contributed by atoms with Gasteiger partial charge in [-0.2, -0.15) is 5.10 Å². The lowest BCUT2D eigenvalue weighted by Gasteiger charge is -1.99. The average Bonchev–Trinajstić information content (AvgIpc) is 2.33. The third-order valence-electron chi connectivity index (χ3n) is 1.92. The average molecular weight is 276 g/mol. The molecular formula is C12H10BrN3. The second-order valence-corrected chi connectivity index (χ2v) is 4.05. The fourth-order valence-corrected chi connectivity index (χ4v) is 1.41. The van der Waals surface area contributed by atoms with E-state index < -0.39 is 0 Å². The molecule has 1 heterocycles. The van der Waals surface area contributed by atoms with Crippen molar-refractivity contribution in [3.63, 3.8) is 0 Å². The van der Waals surface area contributed by atoms with Crippen LogP contribution >= 0.6 is 15.9 Å². The van der Waals surface area contributed by atoms with Crippen molar-refractivity contribution < 1.29 is 0 Å². The molecule has 0 aliphatic carbocycles. The smallest absolute Gasteiger partial charge is 0.0830 e. The zero-order valence-electron chi connectivity index (χ0n) is 8.47. The quantitative estimate of drug-likeness (QED) is 0.690. The number of rotatable bonds is 3. The van der Waals surface area contributed by atoms with Crippen molar-refractivity contribution in [2.24, 2.45) is 5.10 Å². The lowest BCUT2D eigenvalue weighted by Crippen LogP contribution is -1.91. The minimum atomic E-state index is 0.826. The number of nitrogens with one attached hydrogen (secondary N) is 1. The van der Waals surface area contributed by atoms with Gasteiger partial charge in [-0.1, -0.05) is 22.0 Å². The van der Waals surface area contributed by atoms with Crippen LogP contribution in [-0.2, 0) is 0 Å². The molecule has 2 aromatic rings. The number of benzene rings is 1. The first-order valence-electron chi connectivity index (χ1n) is 4.80. The third kappa shape index (κ3) is 3.17. The summed E-state index contributed by atoms with van der Waals surface area (Å²) in [4.78, 5) is 4.13. The Labute approximate surface area is 102 Å². The SMILES string of the molecule is Brc1ccc(N/N=C/c2ccccn2)cc1. The molecule has 0 aliphatic rings. The Hall–Kier alpha value is -1.68. The van der Waals surface area contributed by atoms with Crippen LogP contribution in [0.3, 0.4) is 0 Å². The number of pyridine rings is 1. The molecule has 0 radical (unpaired) electrons. The number of halogens is 1. The van der Waals surface area contributed by atoms with E-state index in [9.17, 15) is 0 Å². The molecule has 0 spiro atoms. The predicted molar refractivity (Wildman–Crippen MR) is 69.6 cm³/mol. The number of nitrogens with zero attached hydrogens (tertiary/aromatic N) is 2. The molecule has 0 saturated carbocycles. The Morgan fingerprint density at radius 3 is 2.62 bits per heavy atom. The maximum Gasteiger partial charge on any atom is 0.0830 e. The molecule has 0 bridgehead atoms. The van der Waals surface area contributed by atoms with Crippen LogP contribution in [0.5, 0.6) is 0 Å². The van der Waals surface area contributed by atoms with Crippen molar-refractivity contribution in [2.75, 3.05) is 5.43 Å². The van der Waals surface area contributed by atoms with Crippen LogP contribution in [0.25, 0.3) is 0 Å². The number of hydrogen-bond donors (Lipinski definition) is 1. The minimum absolute atomic E-state index is 0.826. The van der Waals surface area contributed by atoms with E-state index in [4.69, 9.17) is 0 Å². The van der Waals surface area contributed by atoms with Gasteiger partial charge in [0, 0.05) is 10.7 Å². The number of hydrogen-bond acceptors (Lipinski definition) is 3. The van der Waals surface area contributed by atoms with E-state index in [1.807, 2.05) is 42.5 Å². The largest absolute Gasteiger partial charge is 0.278 e. The molecule has 3 nitrogen and oxygen atoms in total. The highest BCUT2D eigenvalue weighted by atomic mass is 79.9. The molecule has 1 N–H and O–H groups in total. The summed E-state index contributed by atoms with van der Waals surface area (Å²) in [7, 11) is 0. The fourth-order valence-electron chi connectivity index (χ4n) is 1.15. The first kappa shape index (κ1) is 10.8. The highest BCUT2D eigenvalue weighted by molar-refractivity contribution is 9.10. The van der Waals surface area contributed by atoms with Crippen LogP contribution in [0, 0.1) is 0 Å². The molecule has 0 fully saturated rings. The zero-order valence-corrected chi connectivity index (χ0v) is 10.1. The minimum Gasteiger partial charge on any atom is -0.278 e. The van der Waals surface area contributed by atoms with Crippen molar-refractivity contribution >= 4 is 27.8 Å². The number of anilines is 1. The van der Waals surface area contributed by atoms with Gasteiger partial charge in [-0.25, -0.2) is 0 Å². The molecule has 4 heteroatoms. The molecule has 16 heavy (non-hydrogen) atoms. The summed E-state index contributed by atoms with van der Waals surface area (Å²) in [6, 6.07) is 13.5. The van der Waals surface area contributed by atoms with Gasteiger partial charge in [0.05, 0.1) is 17.6 Å². The van der Waals surface area contributed by atoms with E-state index in [-0.39, 0.29) is 0 Å². The molecule has 0 amide bonds. The monoisotopic (exact) mass is 275 g/mol. The highest BCUT2D eigenvalue weighted by Gasteiger charge is 1.89.